The molecule has 0 aliphatic carbocycles. The minimum Gasteiger partial charge on any atom is -0.497 e. The quantitative estimate of drug-likeness (QED) is 0.411. The molecule has 8 heteroatoms. The summed E-state index contributed by atoms with van der Waals surface area (Å²) in [7, 11) is 3.07. The molecule has 0 N–H and O–H groups in total. The summed E-state index contributed by atoms with van der Waals surface area (Å²) in [5, 5.41) is 0. The number of hydrogen-bond acceptors (Lipinski definition) is 7. The van der Waals surface area contributed by atoms with Crippen molar-refractivity contribution in [3.8, 4) is 33.1 Å². The Bertz CT molecular complexity index is 1090. The van der Waals surface area contributed by atoms with Crippen LogP contribution < -0.4 is 9.47 Å². The molecular weight excluding hydrogens is 408 g/mol. The maximum Gasteiger partial charge on any atom is 0.175 e. The van der Waals surface area contributed by atoms with Crippen LogP contribution in [0.2, 0.25) is 0 Å². The Labute approximate surface area is 165 Å². The van der Waals surface area contributed by atoms with Crippen molar-refractivity contribution in [2.75, 3.05) is 20.5 Å². The van der Waals surface area contributed by atoms with E-state index >= 15 is 0 Å². The van der Waals surface area contributed by atoms with E-state index in [9.17, 15) is 8.42 Å². The van der Waals surface area contributed by atoms with Crippen LogP contribution in [0.15, 0.2) is 47.4 Å². The lowest BCUT2D eigenvalue weighted by Gasteiger charge is -2.11. The zero-order valence-corrected chi connectivity index (χ0v) is 17.6. The van der Waals surface area contributed by atoms with Crippen molar-refractivity contribution in [2.24, 2.45) is 0 Å². The van der Waals surface area contributed by atoms with E-state index < -0.39 is 9.84 Å². The second kappa shape index (κ2) is 7.48. The lowest BCUT2D eigenvalue weighted by molar-refractivity contribution is 0.404. The van der Waals surface area contributed by atoms with E-state index in [-0.39, 0.29) is 0 Å². The van der Waals surface area contributed by atoms with E-state index in [0.717, 1.165) is 25.4 Å². The lowest BCUT2D eigenvalue weighted by atomic mass is 10.0. The van der Waals surface area contributed by atoms with Gasteiger partial charge in [0.1, 0.15) is 15.3 Å². The normalized spacial score (nSPS) is 11.3. The number of ether oxygens (including phenoxy) is 2. The Balaban J connectivity index is 2.18. The van der Waals surface area contributed by atoms with Crippen LogP contribution in [0.3, 0.4) is 0 Å². The van der Waals surface area contributed by atoms with Gasteiger partial charge in [0.05, 0.1) is 24.0 Å². The van der Waals surface area contributed by atoms with Gasteiger partial charge >= 0.3 is 0 Å². The molecule has 0 aliphatic heterocycles. The van der Waals surface area contributed by atoms with Crippen molar-refractivity contribution in [1.29, 1.82) is 0 Å². The second-order valence-corrected chi connectivity index (χ2v) is 10.4. The molecule has 4 nitrogen and oxygen atoms in total. The predicted octanol–water partition coefficient (Wildman–Crippen LogP) is 5.29. The molecule has 0 unspecified atom stereocenters. The summed E-state index contributed by atoms with van der Waals surface area (Å²) in [4.78, 5) is 1.27. The summed E-state index contributed by atoms with van der Waals surface area (Å²) < 4.78 is 35.0. The molecule has 0 bridgehead atoms. The Morgan fingerprint density at radius 2 is 1.65 bits per heavy atom. The highest BCUT2D eigenvalue weighted by Crippen LogP contribution is 2.45. The molecule has 136 valence electrons. The minimum absolute atomic E-state index is 0.292. The summed E-state index contributed by atoms with van der Waals surface area (Å²) >= 11 is 5.56. The topological polar surface area (TPSA) is 52.6 Å². The molecule has 0 atom stereocenters. The fourth-order valence-electron chi connectivity index (χ4n) is 2.54. The van der Waals surface area contributed by atoms with Crippen LogP contribution in [0.5, 0.6) is 11.5 Å². The summed E-state index contributed by atoms with van der Waals surface area (Å²) in [6.07, 6.45) is 1.20. The van der Waals surface area contributed by atoms with Crippen molar-refractivity contribution < 1.29 is 17.9 Å². The number of hydrogen-bond donors (Lipinski definition) is 0. The van der Waals surface area contributed by atoms with Crippen molar-refractivity contribution in [3.63, 3.8) is 0 Å². The first kappa shape index (κ1) is 19.0. The molecule has 0 amide bonds. The zero-order chi connectivity index (χ0) is 18.9. The van der Waals surface area contributed by atoms with Gasteiger partial charge in [0, 0.05) is 17.4 Å². The van der Waals surface area contributed by atoms with E-state index in [1.807, 2.05) is 18.2 Å². The van der Waals surface area contributed by atoms with Crippen LogP contribution in [-0.2, 0) is 9.84 Å². The molecule has 3 rings (SSSR count). The van der Waals surface area contributed by atoms with Gasteiger partial charge in [-0.2, -0.15) is 0 Å². The van der Waals surface area contributed by atoms with Crippen molar-refractivity contribution in [1.82, 2.24) is 0 Å². The molecule has 0 fully saturated rings. The summed E-state index contributed by atoms with van der Waals surface area (Å²) in [5.41, 5.74) is 2.67. The highest BCUT2D eigenvalue weighted by atomic mass is 32.9. The summed E-state index contributed by atoms with van der Waals surface area (Å²) in [6, 6.07) is 12.4. The Morgan fingerprint density at radius 3 is 2.23 bits per heavy atom. The maximum absolute atomic E-state index is 11.7. The average Bonchev–Trinajstić information content (AvgIpc) is 3.01. The first-order valence-corrected chi connectivity index (χ1v) is 12.0. The highest BCUT2D eigenvalue weighted by Gasteiger charge is 2.18. The number of methoxy groups -OCH3 is 2. The second-order valence-electron chi connectivity index (χ2n) is 5.52. The molecule has 0 aliphatic rings. The molecule has 0 spiro atoms. The first-order valence-electron chi connectivity index (χ1n) is 7.51. The van der Waals surface area contributed by atoms with Gasteiger partial charge in [-0.1, -0.05) is 45.0 Å². The Kier molecular flexibility index (Phi) is 5.47. The fourth-order valence-corrected chi connectivity index (χ4v) is 6.07. The van der Waals surface area contributed by atoms with Crippen LogP contribution in [-0.4, -0.2) is 28.9 Å². The largest absolute Gasteiger partial charge is 0.497 e. The summed E-state index contributed by atoms with van der Waals surface area (Å²) in [5.74, 6) is 1.42. The average molecular weight is 425 g/mol. The van der Waals surface area contributed by atoms with Crippen molar-refractivity contribution >= 4 is 42.7 Å². The van der Waals surface area contributed by atoms with E-state index in [1.54, 1.807) is 48.8 Å². The first-order chi connectivity index (χ1) is 12.3. The lowest BCUT2D eigenvalue weighted by Crippen LogP contribution is -1.96. The SMILES string of the molecule is COc1ccc(OC)c(-c2c(-c3ccc(S(C)(=O)=O)cc3)ssc2=S)c1. The van der Waals surface area contributed by atoms with Crippen LogP contribution in [0.4, 0.5) is 0 Å². The molecule has 0 saturated heterocycles. The third-order valence-corrected chi connectivity index (χ3v) is 8.05. The molecule has 2 aromatic carbocycles. The van der Waals surface area contributed by atoms with Crippen LogP contribution in [0.1, 0.15) is 0 Å². The van der Waals surface area contributed by atoms with Crippen LogP contribution in [0.25, 0.3) is 21.6 Å². The molecule has 26 heavy (non-hydrogen) atoms. The van der Waals surface area contributed by atoms with Gasteiger partial charge in [-0.15, -0.1) is 0 Å². The third kappa shape index (κ3) is 3.68. The number of rotatable bonds is 5. The standard InChI is InChI=1S/C18H16O4S4/c1-21-12-6-9-15(22-2)14(10-12)16-17(24-25-18(16)23)11-4-7-13(8-5-11)26(3,19)20/h4-10H,1-3H3. The zero-order valence-electron chi connectivity index (χ0n) is 14.3. The van der Waals surface area contributed by atoms with Gasteiger partial charge in [0.15, 0.2) is 9.84 Å². The number of sulfone groups is 1. The third-order valence-electron chi connectivity index (χ3n) is 3.85. The predicted molar refractivity (Wildman–Crippen MR) is 110 cm³/mol. The minimum atomic E-state index is -3.23. The molecular formula is C18H16O4S4. The van der Waals surface area contributed by atoms with Gasteiger partial charge in [0.2, 0.25) is 0 Å². The molecule has 1 heterocycles. The van der Waals surface area contributed by atoms with Gasteiger partial charge in [-0.3, -0.25) is 0 Å². The molecule has 3 aromatic rings. The van der Waals surface area contributed by atoms with E-state index in [2.05, 4.69) is 0 Å². The van der Waals surface area contributed by atoms with Crippen LogP contribution in [0, 0.1) is 3.82 Å². The molecule has 0 saturated carbocycles. The van der Waals surface area contributed by atoms with Crippen molar-refractivity contribution in [3.05, 3.63) is 46.3 Å². The van der Waals surface area contributed by atoms with Gasteiger partial charge < -0.3 is 9.47 Å². The Morgan fingerprint density at radius 1 is 0.962 bits per heavy atom. The maximum atomic E-state index is 11.7. The number of benzene rings is 2. The van der Waals surface area contributed by atoms with Gasteiger partial charge in [-0.25, -0.2) is 8.42 Å². The van der Waals surface area contributed by atoms with E-state index in [4.69, 9.17) is 21.7 Å². The van der Waals surface area contributed by atoms with Gasteiger partial charge in [-0.05, 0) is 35.9 Å². The Hall–Kier alpha value is -1.74. The monoisotopic (exact) mass is 424 g/mol. The van der Waals surface area contributed by atoms with E-state index in [0.29, 0.717) is 16.4 Å². The smallest absolute Gasteiger partial charge is 0.175 e. The van der Waals surface area contributed by atoms with E-state index in [1.165, 1.54) is 16.6 Å². The highest BCUT2D eigenvalue weighted by molar-refractivity contribution is 7.90. The van der Waals surface area contributed by atoms with Crippen molar-refractivity contribution in [2.45, 2.75) is 4.90 Å². The molecule has 0 radical (unpaired) electrons. The van der Waals surface area contributed by atoms with Gasteiger partial charge in [0.25, 0.3) is 0 Å². The van der Waals surface area contributed by atoms with Crippen LogP contribution >= 0.6 is 32.9 Å². The fraction of sp³-hybridized carbons (Fsp3) is 0.167. The molecule has 1 aromatic heterocycles. The summed E-state index contributed by atoms with van der Waals surface area (Å²) in [6.45, 7) is 0.